The van der Waals surface area contributed by atoms with E-state index in [2.05, 4.69) is 10.3 Å². The Morgan fingerprint density at radius 2 is 2.24 bits per heavy atom. The number of nitrogens with zero attached hydrogens (tertiary/aromatic N) is 3. The zero-order chi connectivity index (χ0) is 17.8. The van der Waals surface area contributed by atoms with E-state index in [1.165, 1.54) is 0 Å². The summed E-state index contributed by atoms with van der Waals surface area (Å²) in [7, 11) is 0. The number of carbonyl (C=O) groups excluding carboxylic acids is 1. The van der Waals surface area contributed by atoms with E-state index in [0.29, 0.717) is 24.4 Å². The molecule has 1 aliphatic heterocycles. The minimum Gasteiger partial charge on any atom is -0.481 e. The van der Waals surface area contributed by atoms with Crippen LogP contribution in [-0.2, 0) is 11.3 Å². The fourth-order valence-corrected chi connectivity index (χ4v) is 3.24. The third-order valence-electron chi connectivity index (χ3n) is 4.35. The van der Waals surface area contributed by atoms with E-state index in [0.717, 1.165) is 11.3 Å². The summed E-state index contributed by atoms with van der Waals surface area (Å²) in [6.07, 6.45) is 6.44. The van der Waals surface area contributed by atoms with E-state index in [1.807, 2.05) is 16.7 Å². The van der Waals surface area contributed by atoms with Crippen molar-refractivity contribution >= 4 is 23.6 Å². The first-order valence-electron chi connectivity index (χ1n) is 8.07. The number of carbonyl (C=O) groups is 2. The van der Waals surface area contributed by atoms with Gasteiger partial charge in [-0.15, -0.1) is 0 Å². The van der Waals surface area contributed by atoms with Gasteiger partial charge in [-0.1, -0.05) is 17.7 Å². The Morgan fingerprint density at radius 1 is 1.40 bits per heavy atom. The maximum atomic E-state index is 12.4. The lowest BCUT2D eigenvalue weighted by atomic mass is 9.99. The van der Waals surface area contributed by atoms with Crippen molar-refractivity contribution in [3.05, 3.63) is 47.5 Å². The Kier molecular flexibility index (Phi) is 5.23. The molecule has 1 atom stereocenters. The number of aliphatic carboxylic acids is 1. The van der Waals surface area contributed by atoms with Crippen LogP contribution in [0.3, 0.4) is 0 Å². The molecule has 1 aromatic heterocycles. The number of piperidine rings is 1. The first kappa shape index (κ1) is 17.3. The van der Waals surface area contributed by atoms with Gasteiger partial charge in [0, 0.05) is 42.6 Å². The Labute approximate surface area is 150 Å². The number of hydrogen-bond acceptors (Lipinski definition) is 3. The van der Waals surface area contributed by atoms with Gasteiger partial charge in [-0.2, -0.15) is 0 Å². The molecular formula is C17H19ClN4O3. The molecule has 0 saturated carbocycles. The number of likely N-dealkylation sites (tertiary alicyclic amines) is 1. The van der Waals surface area contributed by atoms with Crippen molar-refractivity contribution in [3.63, 3.8) is 0 Å². The van der Waals surface area contributed by atoms with Crippen LogP contribution >= 0.6 is 11.6 Å². The van der Waals surface area contributed by atoms with Crippen molar-refractivity contribution in [3.8, 4) is 5.69 Å². The molecule has 132 valence electrons. The number of aromatic nitrogens is 2. The second kappa shape index (κ2) is 7.57. The molecule has 1 fully saturated rings. The van der Waals surface area contributed by atoms with Crippen LogP contribution in [0.2, 0.25) is 5.02 Å². The molecular weight excluding hydrogens is 344 g/mol. The zero-order valence-electron chi connectivity index (χ0n) is 13.6. The highest BCUT2D eigenvalue weighted by Gasteiger charge is 2.28. The van der Waals surface area contributed by atoms with Crippen molar-refractivity contribution < 1.29 is 14.7 Å². The maximum Gasteiger partial charge on any atom is 0.317 e. The zero-order valence-corrected chi connectivity index (χ0v) is 14.3. The number of urea groups is 1. The maximum absolute atomic E-state index is 12.4. The van der Waals surface area contributed by atoms with Crippen LogP contribution in [0.5, 0.6) is 0 Å². The minimum atomic E-state index is -0.856. The first-order chi connectivity index (χ1) is 12.1. The number of imidazole rings is 1. The second-order valence-corrected chi connectivity index (χ2v) is 6.40. The van der Waals surface area contributed by atoms with E-state index in [9.17, 15) is 9.59 Å². The fraction of sp³-hybridized carbons (Fsp3) is 0.353. The minimum absolute atomic E-state index is 0.234. The SMILES string of the molecule is O=C(O)C1CCCN(C(=O)NCc2c(Cl)cccc2-n2ccnc2)C1. The van der Waals surface area contributed by atoms with Gasteiger partial charge in [-0.05, 0) is 25.0 Å². The third-order valence-corrected chi connectivity index (χ3v) is 4.71. The highest BCUT2D eigenvalue weighted by Crippen LogP contribution is 2.23. The van der Waals surface area contributed by atoms with Crippen molar-refractivity contribution in [1.29, 1.82) is 0 Å². The van der Waals surface area contributed by atoms with Crippen LogP contribution in [0, 0.1) is 5.92 Å². The molecule has 0 spiro atoms. The van der Waals surface area contributed by atoms with Gasteiger partial charge >= 0.3 is 12.0 Å². The van der Waals surface area contributed by atoms with Gasteiger partial charge in [-0.3, -0.25) is 4.79 Å². The quantitative estimate of drug-likeness (QED) is 0.874. The van der Waals surface area contributed by atoms with Crippen molar-refractivity contribution in [1.82, 2.24) is 19.8 Å². The Morgan fingerprint density at radius 3 is 2.96 bits per heavy atom. The predicted octanol–water partition coefficient (Wildman–Crippen LogP) is 2.53. The number of rotatable bonds is 4. The van der Waals surface area contributed by atoms with Crippen molar-refractivity contribution in [2.24, 2.45) is 5.92 Å². The monoisotopic (exact) mass is 362 g/mol. The molecule has 0 bridgehead atoms. The highest BCUT2D eigenvalue weighted by molar-refractivity contribution is 6.31. The number of halogens is 1. The highest BCUT2D eigenvalue weighted by atomic mass is 35.5. The molecule has 1 saturated heterocycles. The van der Waals surface area contributed by atoms with E-state index in [1.54, 1.807) is 29.7 Å². The van der Waals surface area contributed by atoms with Crippen LogP contribution in [0.1, 0.15) is 18.4 Å². The van der Waals surface area contributed by atoms with E-state index < -0.39 is 11.9 Å². The second-order valence-electron chi connectivity index (χ2n) is 5.99. The normalized spacial score (nSPS) is 17.3. The van der Waals surface area contributed by atoms with Crippen LogP contribution in [-0.4, -0.2) is 44.6 Å². The van der Waals surface area contributed by atoms with E-state index in [4.69, 9.17) is 16.7 Å². The Balaban J connectivity index is 1.69. The van der Waals surface area contributed by atoms with Crippen molar-refractivity contribution in [2.75, 3.05) is 13.1 Å². The molecule has 2 amide bonds. The molecule has 2 aromatic rings. The molecule has 2 N–H and O–H groups in total. The summed E-state index contributed by atoms with van der Waals surface area (Å²) >= 11 is 6.30. The number of carboxylic acid groups (broad SMARTS) is 1. The van der Waals surface area contributed by atoms with Gasteiger partial charge in [0.15, 0.2) is 0 Å². The molecule has 7 nitrogen and oxygen atoms in total. The lowest BCUT2D eigenvalue weighted by molar-refractivity contribution is -0.143. The summed E-state index contributed by atoms with van der Waals surface area (Å²) in [4.78, 5) is 29.1. The Bertz CT molecular complexity index is 763. The van der Waals surface area contributed by atoms with Crippen LogP contribution < -0.4 is 5.32 Å². The molecule has 3 rings (SSSR count). The molecule has 2 heterocycles. The average Bonchev–Trinajstić information content (AvgIpc) is 3.14. The molecule has 0 radical (unpaired) electrons. The fourth-order valence-electron chi connectivity index (χ4n) is 3.00. The molecule has 25 heavy (non-hydrogen) atoms. The summed E-state index contributed by atoms with van der Waals surface area (Å²) in [5, 5.41) is 12.5. The number of nitrogens with one attached hydrogen (secondary N) is 1. The molecule has 1 unspecified atom stereocenters. The molecule has 8 heteroatoms. The summed E-state index contributed by atoms with van der Waals surface area (Å²) in [5.41, 5.74) is 1.62. The molecule has 1 aliphatic rings. The van der Waals surface area contributed by atoms with E-state index in [-0.39, 0.29) is 19.1 Å². The summed E-state index contributed by atoms with van der Waals surface area (Å²) < 4.78 is 1.83. The average molecular weight is 363 g/mol. The van der Waals surface area contributed by atoms with Gasteiger partial charge in [0.1, 0.15) is 0 Å². The van der Waals surface area contributed by atoms with Crippen molar-refractivity contribution in [2.45, 2.75) is 19.4 Å². The number of hydrogen-bond donors (Lipinski definition) is 2. The van der Waals surface area contributed by atoms with Crippen LogP contribution in [0.4, 0.5) is 4.79 Å². The third kappa shape index (κ3) is 3.93. The van der Waals surface area contributed by atoms with Gasteiger partial charge in [0.05, 0.1) is 17.9 Å². The van der Waals surface area contributed by atoms with Gasteiger partial charge in [0.25, 0.3) is 0 Å². The van der Waals surface area contributed by atoms with E-state index >= 15 is 0 Å². The first-order valence-corrected chi connectivity index (χ1v) is 8.45. The number of carboxylic acids is 1. The summed E-state index contributed by atoms with van der Waals surface area (Å²) in [5.74, 6) is -1.35. The van der Waals surface area contributed by atoms with Gasteiger partial charge < -0.3 is 19.9 Å². The van der Waals surface area contributed by atoms with Crippen LogP contribution in [0.15, 0.2) is 36.9 Å². The number of amides is 2. The number of benzene rings is 1. The Hall–Kier alpha value is -2.54. The largest absolute Gasteiger partial charge is 0.481 e. The lowest BCUT2D eigenvalue weighted by Gasteiger charge is -2.30. The summed E-state index contributed by atoms with van der Waals surface area (Å²) in [6.45, 7) is 1.05. The lowest BCUT2D eigenvalue weighted by Crippen LogP contribution is -2.46. The van der Waals surface area contributed by atoms with Gasteiger partial charge in [0.2, 0.25) is 0 Å². The standard InChI is InChI=1S/C17H19ClN4O3/c18-14-4-1-5-15(22-8-6-19-11-22)13(14)9-20-17(25)21-7-2-3-12(10-21)16(23)24/h1,4-6,8,11-12H,2-3,7,9-10H2,(H,20,25)(H,23,24). The smallest absolute Gasteiger partial charge is 0.317 e. The topological polar surface area (TPSA) is 87.5 Å². The molecule has 1 aromatic carbocycles. The molecule has 0 aliphatic carbocycles. The predicted molar refractivity (Wildman–Crippen MR) is 92.7 cm³/mol. The van der Waals surface area contributed by atoms with Crippen LogP contribution in [0.25, 0.3) is 5.69 Å². The summed E-state index contributed by atoms with van der Waals surface area (Å²) in [6, 6.07) is 5.23. The van der Waals surface area contributed by atoms with Gasteiger partial charge in [-0.25, -0.2) is 9.78 Å².